The summed E-state index contributed by atoms with van der Waals surface area (Å²) >= 11 is 0. The Morgan fingerprint density at radius 3 is 2.40 bits per heavy atom. The molecule has 2 aromatic carbocycles. The van der Waals surface area contributed by atoms with Gasteiger partial charge in [0.2, 0.25) is 0 Å². The third-order valence-corrected chi connectivity index (χ3v) is 9.97. The van der Waals surface area contributed by atoms with Crippen molar-refractivity contribution >= 4 is 27.2 Å². The van der Waals surface area contributed by atoms with Crippen molar-refractivity contribution in [2.24, 2.45) is 5.41 Å². The van der Waals surface area contributed by atoms with Gasteiger partial charge in [-0.2, -0.15) is 0 Å². The minimum absolute atomic E-state index is 0.0756. The van der Waals surface area contributed by atoms with Crippen LogP contribution in [0, 0.1) is 5.41 Å². The molecule has 2 amide bonds. The highest BCUT2D eigenvalue weighted by molar-refractivity contribution is 7.91. The van der Waals surface area contributed by atoms with Crippen molar-refractivity contribution in [1.29, 1.82) is 0 Å². The first-order valence-corrected chi connectivity index (χ1v) is 16.1. The lowest BCUT2D eigenvalue weighted by molar-refractivity contribution is 0.0127. The van der Waals surface area contributed by atoms with E-state index in [2.05, 4.69) is 24.5 Å². The van der Waals surface area contributed by atoms with Gasteiger partial charge in [0.1, 0.15) is 0 Å². The Morgan fingerprint density at radius 2 is 1.77 bits per heavy atom. The summed E-state index contributed by atoms with van der Waals surface area (Å²) in [6.45, 7) is 5.23. The molecule has 0 aromatic heterocycles. The van der Waals surface area contributed by atoms with Crippen molar-refractivity contribution in [3.8, 4) is 0 Å². The summed E-state index contributed by atoms with van der Waals surface area (Å²) < 4.78 is 33.0. The number of carbonyl (C=O) groups is 1. The molecule has 0 radical (unpaired) electrons. The number of methoxy groups -OCH3 is 1. The van der Waals surface area contributed by atoms with Crippen molar-refractivity contribution in [2.75, 3.05) is 50.3 Å². The van der Waals surface area contributed by atoms with Gasteiger partial charge in [0, 0.05) is 57.1 Å². The fourth-order valence-corrected chi connectivity index (χ4v) is 7.99. The number of urea groups is 1. The van der Waals surface area contributed by atoms with Gasteiger partial charge in [-0.3, -0.25) is 0 Å². The number of amides is 2. The number of benzene rings is 2. The average Bonchev–Trinajstić information content (AvgIpc) is 2.99. The summed E-state index contributed by atoms with van der Waals surface area (Å²) in [5.41, 5.74) is 2.05. The molecule has 2 aromatic rings. The van der Waals surface area contributed by atoms with Crippen LogP contribution in [0.4, 0.5) is 16.2 Å². The lowest BCUT2D eigenvalue weighted by Gasteiger charge is -2.40. The number of anilines is 2. The largest absolute Gasteiger partial charge is 0.392 e. The summed E-state index contributed by atoms with van der Waals surface area (Å²) in [7, 11) is 1.78. The van der Waals surface area contributed by atoms with Gasteiger partial charge < -0.3 is 25.4 Å². The predicted molar refractivity (Wildman–Crippen MR) is 162 cm³/mol. The zero-order valence-corrected chi connectivity index (χ0v) is 25.5. The van der Waals surface area contributed by atoms with Gasteiger partial charge in [0.25, 0.3) is 0 Å². The molecule has 0 saturated carbocycles. The average molecular weight is 574 g/mol. The quantitative estimate of drug-likeness (QED) is 0.271. The minimum atomic E-state index is -3.68. The van der Waals surface area contributed by atoms with Crippen LogP contribution < -0.4 is 15.5 Å². The Hall–Kier alpha value is -2.62. The Balaban J connectivity index is 2.13. The number of ether oxygens (including phenoxy) is 1. The van der Waals surface area contributed by atoms with Crippen molar-refractivity contribution in [1.82, 2.24) is 5.32 Å². The molecule has 0 unspecified atom stereocenters. The van der Waals surface area contributed by atoms with E-state index in [-0.39, 0.29) is 16.7 Å². The normalized spacial score (nSPS) is 19.4. The van der Waals surface area contributed by atoms with Crippen LogP contribution in [0.3, 0.4) is 0 Å². The van der Waals surface area contributed by atoms with E-state index in [0.717, 1.165) is 36.9 Å². The molecule has 1 aliphatic rings. The maximum absolute atomic E-state index is 14.0. The molecular formula is C31H47N3O5S. The number of aliphatic hydroxyl groups is 1. The second kappa shape index (κ2) is 14.3. The third-order valence-electron chi connectivity index (χ3n) is 7.97. The van der Waals surface area contributed by atoms with Crippen LogP contribution in [0.5, 0.6) is 0 Å². The minimum Gasteiger partial charge on any atom is -0.392 e. The van der Waals surface area contributed by atoms with E-state index in [9.17, 15) is 18.3 Å². The van der Waals surface area contributed by atoms with Crippen molar-refractivity contribution in [3.63, 3.8) is 0 Å². The van der Waals surface area contributed by atoms with Crippen molar-refractivity contribution in [3.05, 3.63) is 53.6 Å². The topological polar surface area (TPSA) is 108 Å². The van der Waals surface area contributed by atoms with E-state index >= 15 is 0 Å². The number of nitrogens with zero attached hydrogens (tertiary/aromatic N) is 1. The molecule has 40 heavy (non-hydrogen) atoms. The molecule has 0 saturated heterocycles. The highest BCUT2D eigenvalue weighted by atomic mass is 32.2. The zero-order chi connectivity index (χ0) is 29.3. The first kappa shape index (κ1) is 31.9. The summed E-state index contributed by atoms with van der Waals surface area (Å²) in [5, 5.41) is 18.0. The molecule has 9 heteroatoms. The van der Waals surface area contributed by atoms with Gasteiger partial charge in [0.15, 0.2) is 9.84 Å². The number of hydrogen-bond donors (Lipinski definition) is 3. The van der Waals surface area contributed by atoms with E-state index in [1.165, 1.54) is 0 Å². The summed E-state index contributed by atoms with van der Waals surface area (Å²) in [6, 6.07) is 12.5. The molecule has 2 atom stereocenters. The number of rotatable bonds is 13. The second-order valence-electron chi connectivity index (χ2n) is 11.2. The van der Waals surface area contributed by atoms with Gasteiger partial charge in [-0.1, -0.05) is 51.7 Å². The number of nitrogens with one attached hydrogen (secondary N) is 2. The number of unbranched alkanes of at least 4 members (excludes halogenated alkanes) is 2. The second-order valence-corrected chi connectivity index (χ2v) is 13.2. The van der Waals surface area contributed by atoms with Crippen LogP contribution in [0.2, 0.25) is 0 Å². The van der Waals surface area contributed by atoms with Crippen LogP contribution in [0.25, 0.3) is 0 Å². The van der Waals surface area contributed by atoms with Crippen LogP contribution >= 0.6 is 0 Å². The Morgan fingerprint density at radius 1 is 1.07 bits per heavy atom. The number of sulfone groups is 1. The lowest BCUT2D eigenvalue weighted by Crippen LogP contribution is -2.43. The Bertz CT molecular complexity index is 1220. The SMILES string of the molecule is CCCCC1(CCCC)CS(=O)(=O)c2ccc(N(C)C)cc2[C@@H](c2cccc(NC(=O)NCCCOC)c2)[C@H]1O. The Labute approximate surface area is 240 Å². The third kappa shape index (κ3) is 7.56. The Kier molecular flexibility index (Phi) is 11.4. The van der Waals surface area contributed by atoms with E-state index in [1.807, 2.05) is 49.3 Å². The van der Waals surface area contributed by atoms with Gasteiger partial charge in [-0.25, -0.2) is 13.2 Å². The lowest BCUT2D eigenvalue weighted by atomic mass is 9.68. The van der Waals surface area contributed by atoms with Crippen LogP contribution in [0.15, 0.2) is 47.4 Å². The molecule has 3 rings (SSSR count). The predicted octanol–water partition coefficient (Wildman–Crippen LogP) is 5.56. The van der Waals surface area contributed by atoms with Gasteiger partial charge in [-0.15, -0.1) is 0 Å². The van der Waals surface area contributed by atoms with Crippen LogP contribution in [-0.4, -0.2) is 65.8 Å². The summed E-state index contributed by atoms with van der Waals surface area (Å²) in [4.78, 5) is 14.8. The van der Waals surface area contributed by atoms with Gasteiger partial charge in [-0.05, 0) is 60.7 Å². The fraction of sp³-hybridized carbons (Fsp3) is 0.581. The summed E-state index contributed by atoms with van der Waals surface area (Å²) in [6.07, 6.45) is 4.57. The summed E-state index contributed by atoms with van der Waals surface area (Å²) in [5.74, 6) is -0.652. The standard InChI is InChI=1S/C31H47N3O5S/c1-6-8-16-31(17-9-7-2)22-40(37,38)27-15-14-25(34(3)4)21-26(27)28(29(31)35)23-12-10-13-24(20-23)33-30(36)32-18-11-19-39-5/h10,12-15,20-21,28-29,35H,6-9,11,16-19,22H2,1-5H3,(H2,32,33,36)/t28-,29-/m1/s1. The smallest absolute Gasteiger partial charge is 0.319 e. The van der Waals surface area contributed by atoms with Crippen molar-refractivity contribution < 1.29 is 23.1 Å². The highest BCUT2D eigenvalue weighted by Gasteiger charge is 2.49. The van der Waals surface area contributed by atoms with E-state index < -0.39 is 27.3 Å². The van der Waals surface area contributed by atoms with Gasteiger partial charge in [0.05, 0.1) is 16.8 Å². The zero-order valence-electron chi connectivity index (χ0n) is 24.7. The van der Waals surface area contributed by atoms with Crippen molar-refractivity contribution in [2.45, 2.75) is 75.7 Å². The van der Waals surface area contributed by atoms with E-state index in [0.29, 0.717) is 43.7 Å². The number of carbonyl (C=O) groups excluding carboxylic acids is 1. The number of aliphatic hydroxyl groups excluding tert-OH is 1. The first-order valence-electron chi connectivity index (χ1n) is 14.4. The van der Waals surface area contributed by atoms with E-state index in [1.54, 1.807) is 19.2 Å². The van der Waals surface area contributed by atoms with Gasteiger partial charge >= 0.3 is 6.03 Å². The molecule has 3 N–H and O–H groups in total. The monoisotopic (exact) mass is 573 g/mol. The molecule has 0 spiro atoms. The maximum atomic E-state index is 14.0. The molecular weight excluding hydrogens is 526 g/mol. The molecule has 8 nitrogen and oxygen atoms in total. The molecule has 222 valence electrons. The molecule has 1 heterocycles. The molecule has 0 fully saturated rings. The van der Waals surface area contributed by atoms with Crippen LogP contribution in [-0.2, 0) is 14.6 Å². The molecule has 0 aliphatic carbocycles. The molecule has 0 bridgehead atoms. The van der Waals surface area contributed by atoms with Crippen LogP contribution in [0.1, 0.15) is 75.8 Å². The van der Waals surface area contributed by atoms with E-state index in [4.69, 9.17) is 4.74 Å². The fourth-order valence-electron chi connectivity index (χ4n) is 5.79. The number of hydrogen-bond acceptors (Lipinski definition) is 6. The number of fused-ring (bicyclic) bond motifs is 1. The first-order chi connectivity index (χ1) is 19.1. The molecule has 1 aliphatic heterocycles. The maximum Gasteiger partial charge on any atom is 0.319 e. The highest BCUT2D eigenvalue weighted by Crippen LogP contribution is 2.50.